The van der Waals surface area contributed by atoms with Gasteiger partial charge in [-0.25, -0.2) is 0 Å². The Hall–Kier alpha value is -1.22. The molecule has 0 amide bonds. The van der Waals surface area contributed by atoms with Crippen LogP contribution in [0.1, 0.15) is 13.3 Å². The summed E-state index contributed by atoms with van der Waals surface area (Å²) < 4.78 is 5.44. The van der Waals surface area contributed by atoms with Crippen molar-refractivity contribution in [3.05, 3.63) is 24.3 Å². The van der Waals surface area contributed by atoms with Gasteiger partial charge >= 0.3 is 0 Å². The summed E-state index contributed by atoms with van der Waals surface area (Å²) in [4.78, 5) is 2.34. The Kier molecular flexibility index (Phi) is 3.67. The summed E-state index contributed by atoms with van der Waals surface area (Å²) in [6.45, 7) is 4.95. The average molecular weight is 220 g/mol. The summed E-state index contributed by atoms with van der Waals surface area (Å²) in [6.07, 6.45) is 1.23. The second-order valence-corrected chi connectivity index (χ2v) is 4.18. The van der Waals surface area contributed by atoms with Crippen LogP contribution in [0, 0.1) is 0 Å². The molecule has 0 aliphatic carbocycles. The predicted molar refractivity (Wildman–Crippen MR) is 67.3 cm³/mol. The highest BCUT2D eigenvalue weighted by Crippen LogP contribution is 2.21. The number of rotatable bonds is 4. The fraction of sp³-hybridized carbons (Fsp3) is 0.538. The number of ether oxygens (including phenoxy) is 1. The minimum Gasteiger partial charge on any atom is -0.494 e. The summed E-state index contributed by atoms with van der Waals surface area (Å²) in [5, 5.41) is 3.39. The lowest BCUT2D eigenvalue weighted by Gasteiger charge is -2.26. The first kappa shape index (κ1) is 11.3. The van der Waals surface area contributed by atoms with Crippen molar-refractivity contribution in [3.63, 3.8) is 0 Å². The molecule has 1 heterocycles. The molecule has 1 atom stereocenters. The molecule has 1 fully saturated rings. The fourth-order valence-corrected chi connectivity index (χ4v) is 2.12. The molecule has 1 aromatic rings. The third-order valence-electron chi connectivity index (χ3n) is 3.14. The summed E-state index contributed by atoms with van der Waals surface area (Å²) in [5.74, 6) is 0.948. The SMILES string of the molecule is CCOc1ccc(N(C)C2CCNC2)cc1. The molecule has 1 aliphatic heterocycles. The minimum atomic E-state index is 0.623. The molecule has 1 N–H and O–H groups in total. The number of likely N-dealkylation sites (N-methyl/N-ethyl adjacent to an activating group) is 1. The van der Waals surface area contributed by atoms with E-state index in [1.54, 1.807) is 0 Å². The first-order valence-corrected chi connectivity index (χ1v) is 5.97. The van der Waals surface area contributed by atoms with E-state index in [1.807, 2.05) is 19.1 Å². The van der Waals surface area contributed by atoms with E-state index >= 15 is 0 Å². The van der Waals surface area contributed by atoms with Crippen molar-refractivity contribution in [1.82, 2.24) is 5.32 Å². The maximum Gasteiger partial charge on any atom is 0.119 e. The van der Waals surface area contributed by atoms with Crippen LogP contribution in [0.4, 0.5) is 5.69 Å². The van der Waals surface area contributed by atoms with Gasteiger partial charge in [0.2, 0.25) is 0 Å². The van der Waals surface area contributed by atoms with Gasteiger partial charge in [0, 0.05) is 25.3 Å². The van der Waals surface area contributed by atoms with E-state index in [-0.39, 0.29) is 0 Å². The van der Waals surface area contributed by atoms with Crippen LogP contribution in [-0.4, -0.2) is 32.8 Å². The number of hydrogen-bond acceptors (Lipinski definition) is 3. The average Bonchev–Trinajstić information content (AvgIpc) is 2.83. The van der Waals surface area contributed by atoms with Crippen LogP contribution in [0.2, 0.25) is 0 Å². The third kappa shape index (κ3) is 2.47. The third-order valence-corrected chi connectivity index (χ3v) is 3.14. The molecule has 88 valence electrons. The lowest BCUT2D eigenvalue weighted by molar-refractivity contribution is 0.340. The zero-order valence-electron chi connectivity index (χ0n) is 10.1. The molecule has 3 heteroatoms. The van der Waals surface area contributed by atoms with E-state index in [0.717, 1.165) is 25.4 Å². The predicted octanol–water partition coefficient (Wildman–Crippen LogP) is 1.88. The maximum absolute atomic E-state index is 5.44. The van der Waals surface area contributed by atoms with Crippen LogP contribution < -0.4 is 15.0 Å². The van der Waals surface area contributed by atoms with E-state index in [1.165, 1.54) is 12.1 Å². The van der Waals surface area contributed by atoms with Gasteiger partial charge in [0.1, 0.15) is 5.75 Å². The summed E-state index contributed by atoms with van der Waals surface area (Å²) >= 11 is 0. The first-order valence-electron chi connectivity index (χ1n) is 5.97. The number of benzene rings is 1. The molecule has 1 unspecified atom stereocenters. The molecule has 2 rings (SSSR count). The highest BCUT2D eigenvalue weighted by molar-refractivity contribution is 5.49. The van der Waals surface area contributed by atoms with Crippen molar-refractivity contribution in [2.75, 3.05) is 31.6 Å². The lowest BCUT2D eigenvalue weighted by atomic mass is 10.2. The highest BCUT2D eigenvalue weighted by Gasteiger charge is 2.19. The van der Waals surface area contributed by atoms with Gasteiger partial charge in [-0.2, -0.15) is 0 Å². The first-order chi connectivity index (χ1) is 7.81. The summed E-state index contributed by atoms with van der Waals surface area (Å²) in [7, 11) is 2.16. The van der Waals surface area contributed by atoms with Crippen LogP contribution in [0.15, 0.2) is 24.3 Å². The van der Waals surface area contributed by atoms with E-state index in [0.29, 0.717) is 6.04 Å². The van der Waals surface area contributed by atoms with Gasteiger partial charge in [-0.3, -0.25) is 0 Å². The Bertz CT molecular complexity index is 317. The molecule has 1 aromatic carbocycles. The number of nitrogens with zero attached hydrogens (tertiary/aromatic N) is 1. The Morgan fingerprint density at radius 3 is 2.69 bits per heavy atom. The fourth-order valence-electron chi connectivity index (χ4n) is 2.12. The van der Waals surface area contributed by atoms with Gasteiger partial charge in [0.25, 0.3) is 0 Å². The van der Waals surface area contributed by atoms with Gasteiger partial charge in [0.15, 0.2) is 0 Å². The zero-order valence-corrected chi connectivity index (χ0v) is 10.1. The van der Waals surface area contributed by atoms with Gasteiger partial charge in [-0.05, 0) is 44.2 Å². The van der Waals surface area contributed by atoms with Crippen LogP contribution >= 0.6 is 0 Å². The Morgan fingerprint density at radius 1 is 1.38 bits per heavy atom. The molecule has 0 radical (unpaired) electrons. The lowest BCUT2D eigenvalue weighted by Crippen LogP contribution is -2.33. The zero-order chi connectivity index (χ0) is 11.4. The normalized spacial score (nSPS) is 19.8. The van der Waals surface area contributed by atoms with Crippen molar-refractivity contribution in [3.8, 4) is 5.75 Å². The summed E-state index contributed by atoms with van der Waals surface area (Å²) in [5.41, 5.74) is 1.26. The van der Waals surface area contributed by atoms with Gasteiger partial charge in [0.05, 0.1) is 6.61 Å². The molecular formula is C13H20N2O. The van der Waals surface area contributed by atoms with E-state index in [9.17, 15) is 0 Å². The molecule has 0 aromatic heterocycles. The van der Waals surface area contributed by atoms with E-state index < -0.39 is 0 Å². The van der Waals surface area contributed by atoms with Gasteiger partial charge in [-0.15, -0.1) is 0 Å². The van der Waals surface area contributed by atoms with Crippen LogP contribution in [-0.2, 0) is 0 Å². The summed E-state index contributed by atoms with van der Waals surface area (Å²) in [6, 6.07) is 8.96. The smallest absolute Gasteiger partial charge is 0.119 e. The molecule has 0 saturated carbocycles. The van der Waals surface area contributed by atoms with Crippen LogP contribution in [0.25, 0.3) is 0 Å². The van der Waals surface area contributed by atoms with Crippen molar-refractivity contribution in [1.29, 1.82) is 0 Å². The van der Waals surface area contributed by atoms with Gasteiger partial charge in [-0.1, -0.05) is 0 Å². The Labute approximate surface area is 97.4 Å². The van der Waals surface area contributed by atoms with Crippen molar-refractivity contribution < 1.29 is 4.74 Å². The molecule has 16 heavy (non-hydrogen) atoms. The monoisotopic (exact) mass is 220 g/mol. The van der Waals surface area contributed by atoms with Crippen molar-refractivity contribution in [2.45, 2.75) is 19.4 Å². The van der Waals surface area contributed by atoms with Crippen molar-refractivity contribution >= 4 is 5.69 Å². The number of anilines is 1. The molecule has 0 spiro atoms. The largest absolute Gasteiger partial charge is 0.494 e. The van der Waals surface area contributed by atoms with E-state index in [2.05, 4.69) is 29.4 Å². The van der Waals surface area contributed by atoms with Crippen LogP contribution in [0.3, 0.4) is 0 Å². The molecule has 3 nitrogen and oxygen atoms in total. The van der Waals surface area contributed by atoms with Gasteiger partial charge < -0.3 is 15.0 Å². The topological polar surface area (TPSA) is 24.5 Å². The Balaban J connectivity index is 2.02. The van der Waals surface area contributed by atoms with Crippen LogP contribution in [0.5, 0.6) is 5.75 Å². The highest BCUT2D eigenvalue weighted by atomic mass is 16.5. The maximum atomic E-state index is 5.44. The molecule has 1 saturated heterocycles. The second-order valence-electron chi connectivity index (χ2n) is 4.18. The molecular weight excluding hydrogens is 200 g/mol. The van der Waals surface area contributed by atoms with Crippen molar-refractivity contribution in [2.24, 2.45) is 0 Å². The molecule has 0 bridgehead atoms. The number of hydrogen-bond donors (Lipinski definition) is 1. The molecule has 1 aliphatic rings. The standard InChI is InChI=1S/C13H20N2O/c1-3-16-13-6-4-11(5-7-13)15(2)12-8-9-14-10-12/h4-7,12,14H,3,8-10H2,1-2H3. The Morgan fingerprint density at radius 2 is 2.12 bits per heavy atom. The second kappa shape index (κ2) is 5.21. The number of nitrogens with one attached hydrogen (secondary N) is 1. The van der Waals surface area contributed by atoms with E-state index in [4.69, 9.17) is 4.74 Å². The quantitative estimate of drug-likeness (QED) is 0.838. The minimum absolute atomic E-state index is 0.623.